The van der Waals surface area contributed by atoms with E-state index < -0.39 is 25.0 Å². The SMILES string of the molecule is Cc1cnc(C(=O)NCC(O)C(F)F)cn1. The highest BCUT2D eigenvalue weighted by Gasteiger charge is 2.18. The van der Waals surface area contributed by atoms with Gasteiger partial charge in [0.05, 0.1) is 11.9 Å². The third-order valence-electron chi connectivity index (χ3n) is 1.78. The zero-order valence-corrected chi connectivity index (χ0v) is 8.52. The van der Waals surface area contributed by atoms with Crippen LogP contribution in [0.4, 0.5) is 8.78 Å². The number of rotatable bonds is 4. The van der Waals surface area contributed by atoms with E-state index in [-0.39, 0.29) is 5.69 Å². The van der Waals surface area contributed by atoms with Crippen molar-refractivity contribution >= 4 is 5.91 Å². The second kappa shape index (κ2) is 5.45. The highest BCUT2D eigenvalue weighted by Crippen LogP contribution is 1.99. The number of aliphatic hydroxyl groups excluding tert-OH is 1. The summed E-state index contributed by atoms with van der Waals surface area (Å²) >= 11 is 0. The molecular weight excluding hydrogens is 220 g/mol. The lowest BCUT2D eigenvalue weighted by molar-refractivity contribution is -0.00273. The van der Waals surface area contributed by atoms with E-state index >= 15 is 0 Å². The molecule has 88 valence electrons. The van der Waals surface area contributed by atoms with Gasteiger partial charge in [0.1, 0.15) is 11.8 Å². The number of alkyl halides is 2. The van der Waals surface area contributed by atoms with E-state index in [4.69, 9.17) is 5.11 Å². The molecule has 1 aromatic heterocycles. The molecule has 1 rings (SSSR count). The van der Waals surface area contributed by atoms with Crippen LogP contribution < -0.4 is 5.32 Å². The molecule has 0 saturated carbocycles. The Labute approximate surface area is 90.5 Å². The molecule has 5 nitrogen and oxygen atoms in total. The van der Waals surface area contributed by atoms with Gasteiger partial charge in [0.15, 0.2) is 0 Å². The number of halogens is 2. The molecule has 2 N–H and O–H groups in total. The van der Waals surface area contributed by atoms with Crippen molar-refractivity contribution in [3.05, 3.63) is 23.8 Å². The summed E-state index contributed by atoms with van der Waals surface area (Å²) < 4.78 is 23.8. The molecule has 0 spiro atoms. The van der Waals surface area contributed by atoms with Gasteiger partial charge in [0.2, 0.25) is 0 Å². The third-order valence-corrected chi connectivity index (χ3v) is 1.78. The average molecular weight is 231 g/mol. The molecule has 0 aliphatic rings. The summed E-state index contributed by atoms with van der Waals surface area (Å²) in [5, 5.41) is 10.9. The predicted molar refractivity (Wildman–Crippen MR) is 51.1 cm³/mol. The number of carbonyl (C=O) groups is 1. The number of carbonyl (C=O) groups excluding carboxylic acids is 1. The van der Waals surface area contributed by atoms with Gasteiger partial charge in [-0.25, -0.2) is 13.8 Å². The van der Waals surface area contributed by atoms with Crippen LogP contribution >= 0.6 is 0 Å². The molecule has 0 aliphatic heterocycles. The van der Waals surface area contributed by atoms with Gasteiger partial charge in [-0.3, -0.25) is 9.78 Å². The van der Waals surface area contributed by atoms with Gasteiger partial charge < -0.3 is 10.4 Å². The Morgan fingerprint density at radius 1 is 1.50 bits per heavy atom. The van der Waals surface area contributed by atoms with Crippen molar-refractivity contribution in [2.75, 3.05) is 6.54 Å². The summed E-state index contributed by atoms with van der Waals surface area (Å²) in [7, 11) is 0. The predicted octanol–water partition coefficient (Wildman–Crippen LogP) is 0.141. The van der Waals surface area contributed by atoms with E-state index in [1.807, 2.05) is 0 Å². The summed E-state index contributed by atoms with van der Waals surface area (Å²) in [6.07, 6.45) is -2.13. The van der Waals surface area contributed by atoms with E-state index in [1.54, 1.807) is 6.92 Å². The molecule has 0 fully saturated rings. The smallest absolute Gasteiger partial charge is 0.271 e. The minimum Gasteiger partial charge on any atom is -0.385 e. The van der Waals surface area contributed by atoms with Crippen LogP contribution in [-0.4, -0.2) is 40.1 Å². The lowest BCUT2D eigenvalue weighted by Gasteiger charge is -2.09. The zero-order chi connectivity index (χ0) is 12.1. The Kier molecular flexibility index (Phi) is 4.24. The number of aryl methyl sites for hydroxylation is 1. The second-order valence-corrected chi connectivity index (χ2v) is 3.15. The van der Waals surface area contributed by atoms with Crippen LogP contribution in [0, 0.1) is 6.92 Å². The normalized spacial score (nSPS) is 12.6. The Hall–Kier alpha value is -1.63. The molecule has 0 bridgehead atoms. The molecular formula is C9H11F2N3O2. The van der Waals surface area contributed by atoms with Crippen molar-refractivity contribution in [2.24, 2.45) is 0 Å². The summed E-state index contributed by atoms with van der Waals surface area (Å²) in [5.74, 6) is -0.646. The Morgan fingerprint density at radius 2 is 2.19 bits per heavy atom. The lowest BCUT2D eigenvalue weighted by atomic mass is 10.3. The van der Waals surface area contributed by atoms with Gasteiger partial charge in [-0.2, -0.15) is 0 Å². The van der Waals surface area contributed by atoms with Crippen molar-refractivity contribution in [1.82, 2.24) is 15.3 Å². The summed E-state index contributed by atoms with van der Waals surface area (Å²) in [5.41, 5.74) is 0.663. The highest BCUT2D eigenvalue weighted by atomic mass is 19.3. The molecule has 1 atom stereocenters. The highest BCUT2D eigenvalue weighted by molar-refractivity contribution is 5.91. The maximum absolute atomic E-state index is 11.9. The lowest BCUT2D eigenvalue weighted by Crippen LogP contribution is -2.36. The van der Waals surface area contributed by atoms with E-state index in [0.29, 0.717) is 5.69 Å². The molecule has 0 aliphatic carbocycles. The molecule has 1 amide bonds. The first kappa shape index (κ1) is 12.4. The van der Waals surface area contributed by atoms with Gasteiger partial charge in [-0.15, -0.1) is 0 Å². The van der Waals surface area contributed by atoms with E-state index in [2.05, 4.69) is 15.3 Å². The van der Waals surface area contributed by atoms with E-state index in [1.165, 1.54) is 12.4 Å². The maximum Gasteiger partial charge on any atom is 0.271 e. The van der Waals surface area contributed by atoms with Crippen molar-refractivity contribution < 1.29 is 18.7 Å². The zero-order valence-electron chi connectivity index (χ0n) is 8.52. The number of nitrogens with zero attached hydrogens (tertiary/aromatic N) is 2. The molecule has 0 saturated heterocycles. The molecule has 0 aromatic carbocycles. The third kappa shape index (κ3) is 3.50. The first-order valence-electron chi connectivity index (χ1n) is 4.53. The first-order chi connectivity index (χ1) is 7.50. The monoisotopic (exact) mass is 231 g/mol. The minimum absolute atomic E-state index is 0.0204. The fourth-order valence-corrected chi connectivity index (χ4v) is 0.887. The number of hydrogen-bond donors (Lipinski definition) is 2. The fourth-order valence-electron chi connectivity index (χ4n) is 0.887. The van der Waals surface area contributed by atoms with Crippen LogP contribution in [0.1, 0.15) is 16.2 Å². The van der Waals surface area contributed by atoms with Crippen LogP contribution in [0.15, 0.2) is 12.4 Å². The number of aromatic nitrogens is 2. The van der Waals surface area contributed by atoms with E-state index in [9.17, 15) is 13.6 Å². The minimum atomic E-state index is -2.88. The largest absolute Gasteiger partial charge is 0.385 e. The molecule has 7 heteroatoms. The summed E-state index contributed by atoms with van der Waals surface area (Å²) in [6.45, 7) is 1.18. The number of aliphatic hydroxyl groups is 1. The quantitative estimate of drug-likeness (QED) is 0.773. The number of nitrogens with one attached hydrogen (secondary N) is 1. The van der Waals surface area contributed by atoms with Crippen molar-refractivity contribution in [1.29, 1.82) is 0 Å². The molecule has 1 aromatic rings. The first-order valence-corrected chi connectivity index (χ1v) is 4.53. The molecule has 16 heavy (non-hydrogen) atoms. The van der Waals surface area contributed by atoms with Gasteiger partial charge in [-0.1, -0.05) is 0 Å². The van der Waals surface area contributed by atoms with Gasteiger partial charge in [-0.05, 0) is 6.92 Å². The second-order valence-electron chi connectivity index (χ2n) is 3.15. The standard InChI is InChI=1S/C9H11F2N3O2/c1-5-2-13-6(3-12-5)9(16)14-4-7(15)8(10)11/h2-3,7-8,15H,4H2,1H3,(H,14,16). The Morgan fingerprint density at radius 3 is 2.69 bits per heavy atom. The summed E-state index contributed by atoms with van der Waals surface area (Å²) in [4.78, 5) is 18.9. The number of amides is 1. The van der Waals surface area contributed by atoms with Crippen LogP contribution in [0.2, 0.25) is 0 Å². The number of hydrogen-bond acceptors (Lipinski definition) is 4. The molecule has 1 heterocycles. The van der Waals surface area contributed by atoms with E-state index in [0.717, 1.165) is 0 Å². The Balaban J connectivity index is 2.50. The maximum atomic E-state index is 11.9. The van der Waals surface area contributed by atoms with Crippen molar-refractivity contribution in [3.8, 4) is 0 Å². The van der Waals surface area contributed by atoms with Gasteiger partial charge in [0.25, 0.3) is 12.3 Å². The van der Waals surface area contributed by atoms with Crippen molar-refractivity contribution in [3.63, 3.8) is 0 Å². The topological polar surface area (TPSA) is 75.1 Å². The van der Waals surface area contributed by atoms with Gasteiger partial charge >= 0.3 is 0 Å². The van der Waals surface area contributed by atoms with Crippen molar-refractivity contribution in [2.45, 2.75) is 19.5 Å². The molecule has 0 radical (unpaired) electrons. The van der Waals surface area contributed by atoms with Crippen LogP contribution in [0.25, 0.3) is 0 Å². The summed E-state index contributed by atoms with van der Waals surface area (Å²) in [6, 6.07) is 0. The van der Waals surface area contributed by atoms with Crippen LogP contribution in [0.5, 0.6) is 0 Å². The average Bonchev–Trinajstić information content (AvgIpc) is 2.26. The Bertz CT molecular complexity index is 356. The molecule has 1 unspecified atom stereocenters. The van der Waals surface area contributed by atoms with Crippen LogP contribution in [0.3, 0.4) is 0 Å². The fraction of sp³-hybridized carbons (Fsp3) is 0.444. The van der Waals surface area contributed by atoms with Gasteiger partial charge in [0, 0.05) is 12.7 Å². The van der Waals surface area contributed by atoms with Crippen LogP contribution in [-0.2, 0) is 0 Å².